The van der Waals surface area contributed by atoms with Gasteiger partial charge in [0.25, 0.3) is 10.0 Å². The first kappa shape index (κ1) is 31.5. The standard InChI is InChI=1S/C28H30Cl3N3O5S/c1-4-15-32-28(36)19(2)33(17-20-5-6-22(30)16-26(20)31)27(35)18-34(23-9-7-21(29)8-10-23)40(37,38)25-13-11-24(39-3)12-14-25/h5-14,16,19H,4,15,17-18H2,1-3H3,(H,32,36)/t19-/m0/s1. The second-order valence-electron chi connectivity index (χ2n) is 8.89. The van der Waals surface area contributed by atoms with E-state index in [0.717, 1.165) is 4.31 Å². The molecule has 0 unspecified atom stereocenters. The van der Waals surface area contributed by atoms with Gasteiger partial charge in [0.05, 0.1) is 17.7 Å². The Morgan fingerprint density at radius 3 is 2.15 bits per heavy atom. The van der Waals surface area contributed by atoms with Crippen molar-refractivity contribution in [1.82, 2.24) is 10.2 Å². The molecule has 0 radical (unpaired) electrons. The number of hydrogen-bond donors (Lipinski definition) is 1. The fourth-order valence-corrected chi connectivity index (χ4v) is 5.83. The van der Waals surface area contributed by atoms with Crippen LogP contribution in [0.3, 0.4) is 0 Å². The molecule has 2 amide bonds. The molecule has 0 aromatic heterocycles. The molecule has 0 saturated heterocycles. The zero-order valence-corrected chi connectivity index (χ0v) is 25.3. The molecule has 0 heterocycles. The number of sulfonamides is 1. The van der Waals surface area contributed by atoms with E-state index in [0.29, 0.717) is 39.3 Å². The summed E-state index contributed by atoms with van der Waals surface area (Å²) in [4.78, 5) is 28.1. The minimum atomic E-state index is -4.22. The number of amides is 2. The van der Waals surface area contributed by atoms with Crippen LogP contribution in [0, 0.1) is 0 Å². The van der Waals surface area contributed by atoms with Crippen molar-refractivity contribution in [2.24, 2.45) is 0 Å². The fraction of sp³-hybridized carbons (Fsp3) is 0.286. The van der Waals surface area contributed by atoms with Crippen LogP contribution in [0.4, 0.5) is 5.69 Å². The first-order chi connectivity index (χ1) is 19.0. The molecule has 0 fully saturated rings. The Morgan fingerprint density at radius 2 is 1.57 bits per heavy atom. The van der Waals surface area contributed by atoms with Gasteiger partial charge >= 0.3 is 0 Å². The highest BCUT2D eigenvalue weighted by Gasteiger charge is 2.32. The van der Waals surface area contributed by atoms with Gasteiger partial charge in [-0.05, 0) is 79.6 Å². The predicted octanol–water partition coefficient (Wildman–Crippen LogP) is 5.79. The number of methoxy groups -OCH3 is 1. The van der Waals surface area contributed by atoms with Crippen LogP contribution >= 0.6 is 34.8 Å². The molecule has 12 heteroatoms. The Kier molecular flexibility index (Phi) is 11.1. The Labute approximate surface area is 249 Å². The topological polar surface area (TPSA) is 96.0 Å². The van der Waals surface area contributed by atoms with Gasteiger partial charge in [-0.15, -0.1) is 0 Å². The number of anilines is 1. The maximum atomic E-state index is 13.9. The van der Waals surface area contributed by atoms with Crippen molar-refractivity contribution < 1.29 is 22.7 Å². The van der Waals surface area contributed by atoms with E-state index in [9.17, 15) is 18.0 Å². The Hall–Kier alpha value is -2.98. The highest BCUT2D eigenvalue weighted by atomic mass is 35.5. The molecule has 8 nitrogen and oxygen atoms in total. The van der Waals surface area contributed by atoms with Crippen LogP contribution in [0.15, 0.2) is 71.6 Å². The number of rotatable bonds is 12. The third kappa shape index (κ3) is 7.81. The highest BCUT2D eigenvalue weighted by molar-refractivity contribution is 7.92. The van der Waals surface area contributed by atoms with Gasteiger partial charge < -0.3 is 15.0 Å². The average Bonchev–Trinajstić information content (AvgIpc) is 2.94. The van der Waals surface area contributed by atoms with Gasteiger partial charge in [-0.3, -0.25) is 13.9 Å². The molecular formula is C28H30Cl3N3O5S. The van der Waals surface area contributed by atoms with Crippen LogP contribution in [-0.4, -0.2) is 51.4 Å². The van der Waals surface area contributed by atoms with Crippen molar-refractivity contribution in [2.75, 3.05) is 24.5 Å². The zero-order chi connectivity index (χ0) is 29.4. The molecule has 0 bridgehead atoms. The van der Waals surface area contributed by atoms with E-state index in [4.69, 9.17) is 39.5 Å². The monoisotopic (exact) mass is 625 g/mol. The van der Waals surface area contributed by atoms with Crippen molar-refractivity contribution in [3.63, 3.8) is 0 Å². The van der Waals surface area contributed by atoms with E-state index in [1.54, 1.807) is 19.1 Å². The molecule has 0 saturated carbocycles. The second kappa shape index (κ2) is 14.1. The lowest BCUT2D eigenvalue weighted by atomic mass is 10.1. The summed E-state index contributed by atoms with van der Waals surface area (Å²) in [5.74, 6) is -0.514. The summed E-state index contributed by atoms with van der Waals surface area (Å²) in [5, 5.41) is 3.92. The zero-order valence-electron chi connectivity index (χ0n) is 22.2. The molecule has 40 heavy (non-hydrogen) atoms. The smallest absolute Gasteiger partial charge is 0.264 e. The molecule has 1 N–H and O–H groups in total. The van der Waals surface area contributed by atoms with Gasteiger partial charge in [-0.25, -0.2) is 8.42 Å². The first-order valence-electron chi connectivity index (χ1n) is 12.4. The summed E-state index contributed by atoms with van der Waals surface area (Å²) in [6.45, 7) is 3.28. The number of benzene rings is 3. The number of carbonyl (C=O) groups is 2. The molecule has 3 aromatic carbocycles. The van der Waals surface area contributed by atoms with Crippen LogP contribution in [0.1, 0.15) is 25.8 Å². The van der Waals surface area contributed by atoms with Gasteiger partial charge in [0.1, 0.15) is 18.3 Å². The molecule has 0 aliphatic rings. The van der Waals surface area contributed by atoms with Gasteiger partial charge in [0.2, 0.25) is 11.8 Å². The van der Waals surface area contributed by atoms with Gasteiger partial charge in [0, 0.05) is 28.2 Å². The first-order valence-corrected chi connectivity index (χ1v) is 15.0. The Balaban J connectivity index is 2.03. The maximum absolute atomic E-state index is 13.9. The summed E-state index contributed by atoms with van der Waals surface area (Å²) >= 11 is 18.5. The van der Waals surface area contributed by atoms with Gasteiger partial charge in [-0.1, -0.05) is 47.8 Å². The van der Waals surface area contributed by atoms with Crippen LogP contribution < -0.4 is 14.4 Å². The van der Waals surface area contributed by atoms with Gasteiger partial charge in [-0.2, -0.15) is 0 Å². The van der Waals surface area contributed by atoms with Crippen molar-refractivity contribution in [2.45, 2.75) is 37.8 Å². The third-order valence-corrected chi connectivity index (χ3v) is 8.74. The van der Waals surface area contributed by atoms with Crippen molar-refractivity contribution in [3.8, 4) is 5.75 Å². The molecule has 0 aliphatic heterocycles. The lowest BCUT2D eigenvalue weighted by Gasteiger charge is -2.32. The fourth-order valence-electron chi connectivity index (χ4n) is 3.82. The van der Waals surface area contributed by atoms with E-state index < -0.39 is 28.5 Å². The largest absolute Gasteiger partial charge is 0.497 e. The normalized spacial score (nSPS) is 11.9. The molecule has 1 atom stereocenters. The lowest BCUT2D eigenvalue weighted by molar-refractivity contribution is -0.139. The van der Waals surface area contributed by atoms with Crippen molar-refractivity contribution >= 4 is 62.3 Å². The number of halogens is 3. The molecule has 0 aliphatic carbocycles. The van der Waals surface area contributed by atoms with E-state index in [1.165, 1.54) is 66.6 Å². The Morgan fingerprint density at radius 1 is 0.950 bits per heavy atom. The summed E-state index contributed by atoms with van der Waals surface area (Å²) in [5.41, 5.74) is 0.770. The molecular weight excluding hydrogens is 597 g/mol. The SMILES string of the molecule is CCCNC(=O)[C@H](C)N(Cc1ccc(Cl)cc1Cl)C(=O)CN(c1ccc(Cl)cc1)S(=O)(=O)c1ccc(OC)cc1. The van der Waals surface area contributed by atoms with Crippen molar-refractivity contribution in [1.29, 1.82) is 0 Å². The summed E-state index contributed by atoms with van der Waals surface area (Å²) in [6, 6.07) is 15.8. The lowest BCUT2D eigenvalue weighted by Crippen LogP contribution is -2.51. The number of ether oxygens (including phenoxy) is 1. The van der Waals surface area contributed by atoms with Crippen LogP contribution in [0.25, 0.3) is 0 Å². The van der Waals surface area contributed by atoms with Crippen LogP contribution in [0.5, 0.6) is 5.75 Å². The molecule has 214 valence electrons. The van der Waals surface area contributed by atoms with E-state index in [2.05, 4.69) is 5.32 Å². The van der Waals surface area contributed by atoms with E-state index >= 15 is 0 Å². The third-order valence-electron chi connectivity index (χ3n) is 6.11. The summed E-state index contributed by atoms with van der Waals surface area (Å²) in [6.07, 6.45) is 0.708. The van der Waals surface area contributed by atoms with Crippen LogP contribution in [0.2, 0.25) is 15.1 Å². The van der Waals surface area contributed by atoms with E-state index in [1.807, 2.05) is 6.92 Å². The van der Waals surface area contributed by atoms with Gasteiger partial charge in [0.15, 0.2) is 0 Å². The second-order valence-corrected chi connectivity index (χ2v) is 12.0. The number of nitrogens with zero attached hydrogens (tertiary/aromatic N) is 2. The Bertz CT molecular complexity index is 1430. The highest BCUT2D eigenvalue weighted by Crippen LogP contribution is 2.28. The number of hydrogen-bond acceptors (Lipinski definition) is 5. The predicted molar refractivity (Wildman–Crippen MR) is 159 cm³/mol. The molecule has 3 rings (SSSR count). The number of nitrogens with one attached hydrogen (secondary N) is 1. The van der Waals surface area contributed by atoms with Crippen molar-refractivity contribution in [3.05, 3.63) is 87.4 Å². The summed E-state index contributed by atoms with van der Waals surface area (Å²) < 4.78 is 33.8. The number of carbonyl (C=O) groups excluding carboxylic acids is 2. The minimum absolute atomic E-state index is 0.0444. The van der Waals surface area contributed by atoms with Crippen LogP contribution in [-0.2, 0) is 26.2 Å². The molecule has 0 spiro atoms. The maximum Gasteiger partial charge on any atom is 0.264 e. The molecule has 3 aromatic rings. The average molecular weight is 627 g/mol. The van der Waals surface area contributed by atoms with E-state index in [-0.39, 0.29) is 23.0 Å². The minimum Gasteiger partial charge on any atom is -0.497 e. The summed E-state index contributed by atoms with van der Waals surface area (Å²) in [7, 11) is -2.75. The quantitative estimate of drug-likeness (QED) is 0.274.